The van der Waals surface area contributed by atoms with Crippen LogP contribution in [0.4, 0.5) is 0 Å². The second kappa shape index (κ2) is 6.27. The average Bonchev–Trinajstić information content (AvgIpc) is 2.41. The summed E-state index contributed by atoms with van der Waals surface area (Å²) in [6, 6.07) is 2.48. The van der Waals surface area contributed by atoms with E-state index in [0.29, 0.717) is 18.7 Å². The number of aromatic nitrogens is 1. The number of hydrogen-bond donors (Lipinski definition) is 1. The molecule has 1 aliphatic heterocycles. The summed E-state index contributed by atoms with van der Waals surface area (Å²) in [5.74, 6) is 0. The van der Waals surface area contributed by atoms with Gasteiger partial charge in [-0.15, -0.1) is 0 Å². The molecule has 0 radical (unpaired) electrons. The van der Waals surface area contributed by atoms with Gasteiger partial charge in [0, 0.05) is 45.2 Å². The zero-order valence-electron chi connectivity index (χ0n) is 11.3. The summed E-state index contributed by atoms with van der Waals surface area (Å²) in [6.45, 7) is 4.82. The molecule has 0 amide bonds. The fourth-order valence-electron chi connectivity index (χ4n) is 2.61. The number of ether oxygens (including phenoxy) is 1. The van der Waals surface area contributed by atoms with E-state index in [0.717, 1.165) is 25.9 Å². The molecule has 1 saturated heterocycles. The number of aryl methyl sites for hydroxylation is 1. The maximum atomic E-state index is 5.89. The van der Waals surface area contributed by atoms with E-state index in [-0.39, 0.29) is 0 Å². The van der Waals surface area contributed by atoms with Gasteiger partial charge in [0.05, 0.1) is 6.10 Å². The van der Waals surface area contributed by atoms with E-state index in [1.54, 1.807) is 7.11 Å². The van der Waals surface area contributed by atoms with Crippen LogP contribution >= 0.6 is 0 Å². The summed E-state index contributed by atoms with van der Waals surface area (Å²) in [6.07, 6.45) is 6.30. The van der Waals surface area contributed by atoms with Crippen LogP contribution in [0.1, 0.15) is 24.0 Å². The van der Waals surface area contributed by atoms with Crippen LogP contribution in [-0.4, -0.2) is 42.2 Å². The molecule has 2 N–H and O–H groups in total. The maximum absolute atomic E-state index is 5.89. The smallest absolute Gasteiger partial charge is 0.0599 e. The zero-order chi connectivity index (χ0) is 13.0. The Bertz CT molecular complexity index is 383. The van der Waals surface area contributed by atoms with Crippen LogP contribution in [0.2, 0.25) is 0 Å². The van der Waals surface area contributed by atoms with Crippen LogP contribution < -0.4 is 5.73 Å². The van der Waals surface area contributed by atoms with E-state index in [1.165, 1.54) is 11.1 Å². The molecule has 100 valence electrons. The Morgan fingerprint density at radius 2 is 2.39 bits per heavy atom. The number of rotatable bonds is 4. The molecule has 2 heterocycles. The molecule has 0 aromatic carbocycles. The first-order valence-electron chi connectivity index (χ1n) is 6.61. The molecular weight excluding hydrogens is 226 g/mol. The van der Waals surface area contributed by atoms with Crippen LogP contribution in [0, 0.1) is 6.92 Å². The minimum atomic E-state index is 0.366. The largest absolute Gasteiger partial charge is 0.381 e. The summed E-state index contributed by atoms with van der Waals surface area (Å²) >= 11 is 0. The summed E-state index contributed by atoms with van der Waals surface area (Å²) in [4.78, 5) is 6.67. The minimum Gasteiger partial charge on any atom is -0.381 e. The van der Waals surface area contributed by atoms with Gasteiger partial charge in [0.2, 0.25) is 0 Å². The molecule has 18 heavy (non-hydrogen) atoms. The van der Waals surface area contributed by atoms with Gasteiger partial charge in [0.15, 0.2) is 0 Å². The first-order chi connectivity index (χ1) is 8.74. The SMILES string of the molecule is COC1CCN(Cc2cnccc2C)C(CN)C1. The summed E-state index contributed by atoms with van der Waals surface area (Å²) in [7, 11) is 1.79. The van der Waals surface area contributed by atoms with Gasteiger partial charge in [0.1, 0.15) is 0 Å². The third-order valence-electron chi connectivity index (χ3n) is 3.92. The van der Waals surface area contributed by atoms with Crippen LogP contribution in [0.25, 0.3) is 0 Å². The Balaban J connectivity index is 2.02. The Hall–Kier alpha value is -0.970. The van der Waals surface area contributed by atoms with Gasteiger partial charge in [-0.25, -0.2) is 0 Å². The predicted octanol–water partition coefficient (Wildman–Crippen LogP) is 1.33. The van der Waals surface area contributed by atoms with Crippen molar-refractivity contribution in [1.82, 2.24) is 9.88 Å². The molecule has 0 spiro atoms. The summed E-state index contributed by atoms with van der Waals surface area (Å²) in [5.41, 5.74) is 8.49. The van der Waals surface area contributed by atoms with Crippen molar-refractivity contribution in [3.63, 3.8) is 0 Å². The highest BCUT2D eigenvalue weighted by molar-refractivity contribution is 5.21. The number of nitrogens with two attached hydrogens (primary N) is 1. The van der Waals surface area contributed by atoms with Crippen molar-refractivity contribution in [3.8, 4) is 0 Å². The normalized spacial score (nSPS) is 25.3. The van der Waals surface area contributed by atoms with Crippen molar-refractivity contribution in [2.45, 2.75) is 38.5 Å². The molecular formula is C14H23N3O. The number of piperidine rings is 1. The van der Waals surface area contributed by atoms with E-state index in [4.69, 9.17) is 10.5 Å². The van der Waals surface area contributed by atoms with Crippen molar-refractivity contribution >= 4 is 0 Å². The average molecular weight is 249 g/mol. The number of likely N-dealkylation sites (tertiary alicyclic amines) is 1. The van der Waals surface area contributed by atoms with Crippen LogP contribution in [0.15, 0.2) is 18.5 Å². The quantitative estimate of drug-likeness (QED) is 0.874. The molecule has 1 aromatic rings. The fourth-order valence-corrected chi connectivity index (χ4v) is 2.61. The topological polar surface area (TPSA) is 51.4 Å². The fraction of sp³-hybridized carbons (Fsp3) is 0.643. The molecule has 0 aliphatic carbocycles. The maximum Gasteiger partial charge on any atom is 0.0599 e. The van der Waals surface area contributed by atoms with Gasteiger partial charge < -0.3 is 10.5 Å². The molecule has 4 heteroatoms. The Kier molecular flexibility index (Phi) is 4.69. The van der Waals surface area contributed by atoms with Gasteiger partial charge in [0.25, 0.3) is 0 Å². The van der Waals surface area contributed by atoms with Gasteiger partial charge in [-0.1, -0.05) is 0 Å². The highest BCUT2D eigenvalue weighted by Crippen LogP contribution is 2.21. The van der Waals surface area contributed by atoms with Gasteiger partial charge >= 0.3 is 0 Å². The minimum absolute atomic E-state index is 0.366. The molecule has 1 aliphatic rings. The Morgan fingerprint density at radius 1 is 1.56 bits per heavy atom. The summed E-state index contributed by atoms with van der Waals surface area (Å²) in [5, 5.41) is 0. The number of hydrogen-bond acceptors (Lipinski definition) is 4. The standard InChI is InChI=1S/C14H23N3O/c1-11-3-5-16-9-12(11)10-17-6-4-14(18-2)7-13(17)8-15/h3,5,9,13-14H,4,6-8,10,15H2,1-2H3. The monoisotopic (exact) mass is 249 g/mol. The third kappa shape index (κ3) is 3.07. The van der Waals surface area contributed by atoms with Crippen molar-refractivity contribution in [2.24, 2.45) is 5.73 Å². The molecule has 2 rings (SSSR count). The predicted molar refractivity (Wildman–Crippen MR) is 72.3 cm³/mol. The zero-order valence-corrected chi connectivity index (χ0v) is 11.3. The highest BCUT2D eigenvalue weighted by Gasteiger charge is 2.27. The molecule has 0 bridgehead atoms. The summed E-state index contributed by atoms with van der Waals surface area (Å²) < 4.78 is 5.45. The van der Waals surface area contributed by atoms with Gasteiger partial charge in [-0.3, -0.25) is 9.88 Å². The first-order valence-corrected chi connectivity index (χ1v) is 6.61. The molecule has 2 atom stereocenters. The lowest BCUT2D eigenvalue weighted by molar-refractivity contribution is 0.0101. The van der Waals surface area contributed by atoms with Crippen molar-refractivity contribution in [1.29, 1.82) is 0 Å². The van der Waals surface area contributed by atoms with Crippen molar-refractivity contribution < 1.29 is 4.74 Å². The second-order valence-electron chi connectivity index (χ2n) is 5.04. The lowest BCUT2D eigenvalue weighted by Crippen LogP contribution is -2.48. The second-order valence-corrected chi connectivity index (χ2v) is 5.04. The Labute approximate surface area is 109 Å². The molecule has 0 saturated carbocycles. The first kappa shape index (κ1) is 13.5. The van der Waals surface area contributed by atoms with Gasteiger partial charge in [-0.05, 0) is 37.0 Å². The van der Waals surface area contributed by atoms with Crippen molar-refractivity contribution in [3.05, 3.63) is 29.6 Å². The molecule has 1 aromatic heterocycles. The van der Waals surface area contributed by atoms with E-state index in [2.05, 4.69) is 22.9 Å². The molecule has 1 fully saturated rings. The molecule has 2 unspecified atom stereocenters. The highest BCUT2D eigenvalue weighted by atomic mass is 16.5. The van der Waals surface area contributed by atoms with E-state index < -0.39 is 0 Å². The van der Waals surface area contributed by atoms with E-state index in [1.807, 2.05) is 12.4 Å². The number of nitrogens with zero attached hydrogens (tertiary/aromatic N) is 2. The van der Waals surface area contributed by atoms with Crippen LogP contribution in [-0.2, 0) is 11.3 Å². The molecule has 4 nitrogen and oxygen atoms in total. The Morgan fingerprint density at radius 3 is 3.06 bits per heavy atom. The van der Waals surface area contributed by atoms with Crippen LogP contribution in [0.3, 0.4) is 0 Å². The number of methoxy groups -OCH3 is 1. The lowest BCUT2D eigenvalue weighted by Gasteiger charge is -2.38. The van der Waals surface area contributed by atoms with Crippen LogP contribution in [0.5, 0.6) is 0 Å². The number of pyridine rings is 1. The van der Waals surface area contributed by atoms with Crippen molar-refractivity contribution in [2.75, 3.05) is 20.2 Å². The third-order valence-corrected chi connectivity index (χ3v) is 3.92. The van der Waals surface area contributed by atoms with Gasteiger partial charge in [-0.2, -0.15) is 0 Å². The lowest BCUT2D eigenvalue weighted by atomic mass is 9.98. The van der Waals surface area contributed by atoms with E-state index in [9.17, 15) is 0 Å². The van der Waals surface area contributed by atoms with E-state index >= 15 is 0 Å².